The van der Waals surface area contributed by atoms with Gasteiger partial charge in [-0.3, -0.25) is 9.59 Å². The number of hydrogen-bond acceptors (Lipinski definition) is 7. The Bertz CT molecular complexity index is 1280. The average molecular weight is 560 g/mol. The Hall–Kier alpha value is -4.12. The third-order valence-electron chi connectivity index (χ3n) is 4.82. The van der Waals surface area contributed by atoms with Crippen LogP contribution in [0.3, 0.4) is 0 Å². The van der Waals surface area contributed by atoms with E-state index < -0.39 is 11.8 Å². The molecule has 3 rings (SSSR count). The van der Waals surface area contributed by atoms with Gasteiger partial charge in [-0.1, -0.05) is 18.2 Å². The molecule has 2 amide bonds. The van der Waals surface area contributed by atoms with E-state index in [0.717, 1.165) is 0 Å². The van der Waals surface area contributed by atoms with E-state index in [9.17, 15) is 14.0 Å². The molecular weight excluding hydrogens is 537 g/mol. The lowest BCUT2D eigenvalue weighted by molar-refractivity contribution is -0.136. The number of amides is 2. The summed E-state index contributed by atoms with van der Waals surface area (Å²) in [6, 6.07) is 14.3. The standard InChI is InChI=1S/C25H23BrFN3O6/c1-33-17-8-9-21(34-2)20(12-17)29-24(31)25(32)30-28-13-15-10-18(26)23(22(11-15)35-3)36-14-16-6-4-5-7-19(16)27/h4-13H,14H2,1-3H3,(H,29,31)(H,30,32)/b28-13+. The first kappa shape index (κ1) is 26.5. The number of carbonyl (C=O) groups is 2. The van der Waals surface area contributed by atoms with Gasteiger partial charge in [0.05, 0.1) is 37.7 Å². The summed E-state index contributed by atoms with van der Waals surface area (Å²) in [5.41, 5.74) is 3.35. The molecule has 0 aromatic heterocycles. The predicted molar refractivity (Wildman–Crippen MR) is 135 cm³/mol. The molecule has 0 heterocycles. The molecule has 0 aliphatic heterocycles. The summed E-state index contributed by atoms with van der Waals surface area (Å²) in [4.78, 5) is 24.5. The summed E-state index contributed by atoms with van der Waals surface area (Å²) in [6.07, 6.45) is 1.32. The minimum absolute atomic E-state index is 0.00167. The smallest absolute Gasteiger partial charge is 0.329 e. The fourth-order valence-electron chi connectivity index (χ4n) is 3.03. The average Bonchev–Trinajstić information content (AvgIpc) is 2.88. The van der Waals surface area contributed by atoms with Gasteiger partial charge in [-0.15, -0.1) is 0 Å². The monoisotopic (exact) mass is 559 g/mol. The third-order valence-corrected chi connectivity index (χ3v) is 5.41. The van der Waals surface area contributed by atoms with Crippen molar-refractivity contribution in [1.82, 2.24) is 5.43 Å². The summed E-state index contributed by atoms with van der Waals surface area (Å²) in [7, 11) is 4.37. The van der Waals surface area contributed by atoms with Crippen LogP contribution in [0.4, 0.5) is 10.1 Å². The maximum absolute atomic E-state index is 13.9. The molecule has 3 aromatic carbocycles. The molecule has 0 saturated heterocycles. The number of rotatable bonds is 9. The highest BCUT2D eigenvalue weighted by atomic mass is 79.9. The number of halogens is 2. The Kier molecular flexibility index (Phi) is 9.23. The van der Waals surface area contributed by atoms with Crippen LogP contribution < -0.4 is 29.7 Å². The molecule has 0 radical (unpaired) electrons. The van der Waals surface area contributed by atoms with Gasteiger partial charge in [0, 0.05) is 11.6 Å². The normalized spacial score (nSPS) is 10.6. The molecule has 36 heavy (non-hydrogen) atoms. The zero-order chi connectivity index (χ0) is 26.1. The van der Waals surface area contributed by atoms with Gasteiger partial charge in [0.2, 0.25) is 0 Å². The van der Waals surface area contributed by atoms with Gasteiger partial charge in [0.1, 0.15) is 23.9 Å². The third kappa shape index (κ3) is 6.72. The zero-order valence-electron chi connectivity index (χ0n) is 19.6. The fourth-order valence-corrected chi connectivity index (χ4v) is 3.60. The van der Waals surface area contributed by atoms with Crippen LogP contribution in [0, 0.1) is 5.82 Å². The second-order valence-corrected chi connectivity index (χ2v) is 7.99. The number of nitrogens with one attached hydrogen (secondary N) is 2. The van der Waals surface area contributed by atoms with Crippen molar-refractivity contribution in [1.29, 1.82) is 0 Å². The van der Waals surface area contributed by atoms with E-state index in [0.29, 0.717) is 38.6 Å². The van der Waals surface area contributed by atoms with E-state index in [1.54, 1.807) is 42.5 Å². The largest absolute Gasteiger partial charge is 0.497 e. The lowest BCUT2D eigenvalue weighted by atomic mass is 10.2. The Morgan fingerprint density at radius 2 is 1.72 bits per heavy atom. The lowest BCUT2D eigenvalue weighted by Gasteiger charge is -2.14. The van der Waals surface area contributed by atoms with Crippen LogP contribution in [0.5, 0.6) is 23.0 Å². The molecule has 3 aromatic rings. The first-order valence-corrected chi connectivity index (χ1v) is 11.3. The second-order valence-electron chi connectivity index (χ2n) is 7.13. The van der Waals surface area contributed by atoms with Crippen molar-refractivity contribution in [3.63, 3.8) is 0 Å². The van der Waals surface area contributed by atoms with Crippen LogP contribution in [-0.4, -0.2) is 39.4 Å². The van der Waals surface area contributed by atoms with Crippen LogP contribution >= 0.6 is 15.9 Å². The molecule has 0 spiro atoms. The maximum atomic E-state index is 13.9. The second kappa shape index (κ2) is 12.5. The van der Waals surface area contributed by atoms with Gasteiger partial charge in [-0.05, 0) is 51.8 Å². The van der Waals surface area contributed by atoms with Gasteiger partial charge >= 0.3 is 11.8 Å². The van der Waals surface area contributed by atoms with E-state index in [1.165, 1.54) is 39.7 Å². The van der Waals surface area contributed by atoms with Crippen molar-refractivity contribution in [2.45, 2.75) is 6.61 Å². The minimum Gasteiger partial charge on any atom is -0.497 e. The van der Waals surface area contributed by atoms with Crippen LogP contribution in [0.25, 0.3) is 0 Å². The van der Waals surface area contributed by atoms with Crippen molar-refractivity contribution in [3.8, 4) is 23.0 Å². The highest BCUT2D eigenvalue weighted by molar-refractivity contribution is 9.10. The van der Waals surface area contributed by atoms with Gasteiger partial charge in [-0.25, -0.2) is 9.82 Å². The number of nitrogens with zero attached hydrogens (tertiary/aromatic N) is 1. The van der Waals surface area contributed by atoms with Crippen LogP contribution in [0.15, 0.2) is 64.2 Å². The fraction of sp³-hybridized carbons (Fsp3) is 0.160. The van der Waals surface area contributed by atoms with Crippen LogP contribution in [0.2, 0.25) is 0 Å². The molecule has 188 valence electrons. The molecule has 2 N–H and O–H groups in total. The van der Waals surface area contributed by atoms with Crippen LogP contribution in [0.1, 0.15) is 11.1 Å². The number of ether oxygens (including phenoxy) is 4. The zero-order valence-corrected chi connectivity index (χ0v) is 21.2. The van der Waals surface area contributed by atoms with Gasteiger partial charge in [0.15, 0.2) is 11.5 Å². The van der Waals surface area contributed by atoms with Crippen molar-refractivity contribution < 1.29 is 32.9 Å². The van der Waals surface area contributed by atoms with Gasteiger partial charge in [0.25, 0.3) is 0 Å². The number of anilines is 1. The SMILES string of the molecule is COc1ccc(OC)c(NC(=O)C(=O)N/N=C/c2cc(Br)c(OCc3ccccc3F)c(OC)c2)c1. The first-order valence-electron chi connectivity index (χ1n) is 10.5. The molecule has 0 aliphatic rings. The van der Waals surface area contributed by atoms with Gasteiger partial charge in [-0.2, -0.15) is 5.10 Å². The minimum atomic E-state index is -0.994. The van der Waals surface area contributed by atoms with Crippen LogP contribution in [-0.2, 0) is 16.2 Å². The molecule has 9 nitrogen and oxygen atoms in total. The van der Waals surface area contributed by atoms with Crippen molar-refractivity contribution >= 4 is 39.6 Å². The molecule has 0 atom stereocenters. The maximum Gasteiger partial charge on any atom is 0.329 e. The van der Waals surface area contributed by atoms with Crippen molar-refractivity contribution in [2.24, 2.45) is 5.10 Å². The number of hydrazone groups is 1. The Balaban J connectivity index is 1.65. The Morgan fingerprint density at radius 3 is 2.42 bits per heavy atom. The highest BCUT2D eigenvalue weighted by Gasteiger charge is 2.17. The summed E-state index contributed by atoms with van der Waals surface area (Å²) < 4.78 is 35.8. The molecule has 0 fully saturated rings. The molecule has 0 unspecified atom stereocenters. The number of carbonyl (C=O) groups excluding carboxylic acids is 2. The molecule has 11 heteroatoms. The highest BCUT2D eigenvalue weighted by Crippen LogP contribution is 2.37. The quantitative estimate of drug-likeness (QED) is 0.230. The summed E-state index contributed by atoms with van der Waals surface area (Å²) in [5.74, 6) is -0.757. The molecular formula is C25H23BrFN3O6. The van der Waals surface area contributed by atoms with E-state index in [4.69, 9.17) is 18.9 Å². The summed E-state index contributed by atoms with van der Waals surface area (Å²) in [5, 5.41) is 6.27. The molecule has 0 bridgehead atoms. The van der Waals surface area contributed by atoms with Gasteiger partial charge < -0.3 is 24.3 Å². The van der Waals surface area contributed by atoms with E-state index in [-0.39, 0.29) is 18.1 Å². The van der Waals surface area contributed by atoms with E-state index in [2.05, 4.69) is 31.8 Å². The van der Waals surface area contributed by atoms with E-state index >= 15 is 0 Å². The summed E-state index contributed by atoms with van der Waals surface area (Å²) in [6.45, 7) is -0.00167. The molecule has 0 saturated carbocycles. The Labute approximate surface area is 215 Å². The number of hydrogen-bond donors (Lipinski definition) is 2. The first-order chi connectivity index (χ1) is 17.4. The number of methoxy groups -OCH3 is 3. The van der Waals surface area contributed by atoms with Crippen molar-refractivity contribution in [3.05, 3.63) is 76.0 Å². The Morgan fingerprint density at radius 1 is 0.972 bits per heavy atom. The van der Waals surface area contributed by atoms with E-state index in [1.807, 2.05) is 0 Å². The lowest BCUT2D eigenvalue weighted by Crippen LogP contribution is -2.32. The van der Waals surface area contributed by atoms with Crippen molar-refractivity contribution in [2.75, 3.05) is 26.6 Å². The topological polar surface area (TPSA) is 107 Å². The number of benzene rings is 3. The predicted octanol–water partition coefficient (Wildman–Crippen LogP) is 4.28. The molecule has 0 aliphatic carbocycles. The summed E-state index contributed by atoms with van der Waals surface area (Å²) >= 11 is 3.40.